The van der Waals surface area contributed by atoms with Gasteiger partial charge in [0.1, 0.15) is 33.9 Å². The third-order valence-electron chi connectivity index (χ3n) is 28.6. The topological polar surface area (TPSA) is 240 Å². The van der Waals surface area contributed by atoms with Crippen molar-refractivity contribution in [2.24, 2.45) is 28.2 Å². The van der Waals surface area contributed by atoms with Crippen LogP contribution in [0.25, 0.3) is 169 Å². The lowest BCUT2D eigenvalue weighted by Gasteiger charge is -2.26. The molecular weight excluding hydrogens is 1750 g/mol. The fraction of sp³-hybridized carbons (Fsp3) is 0.267. The van der Waals surface area contributed by atoms with Gasteiger partial charge in [0.05, 0.1) is 174 Å². The molecule has 20 heteroatoms. The number of rotatable bonds is 22. The molecule has 19 aromatic rings. The van der Waals surface area contributed by atoms with Crippen molar-refractivity contribution in [2.45, 2.75) is 130 Å². The smallest absolute Gasteiger partial charge is 0.220 e. The van der Waals surface area contributed by atoms with Gasteiger partial charge in [0.2, 0.25) is 22.1 Å². The van der Waals surface area contributed by atoms with Crippen molar-refractivity contribution < 1.29 is 96.6 Å². The summed E-state index contributed by atoms with van der Waals surface area (Å²) in [7, 11) is 21.7. The van der Waals surface area contributed by atoms with Gasteiger partial charge in [-0.15, -0.1) is 0 Å². The highest BCUT2D eigenvalue weighted by molar-refractivity contribution is 6.22. The molecule has 4 aromatic heterocycles. The molecule has 2 aliphatic rings. The molecule has 1 fully saturated rings. The second-order valence-electron chi connectivity index (χ2n) is 36.6. The van der Waals surface area contributed by atoms with Crippen LogP contribution in [-0.4, -0.2) is 98.7 Å². The van der Waals surface area contributed by atoms with Crippen molar-refractivity contribution in [1.29, 1.82) is 0 Å². The standard InChI is InChI=1S/C34H30NO4.C30H30NO4.C28H32NO4.C28H30NO4/c1-35-18-29-25(14-13-24(19-36)30(29)20-37)27-16-15-26-28(33(27)35)17-31(38-2)34(39-3)32(26)23-11-9-22(10-12-23)21-7-5-4-6-8-21;1-18(2)35-29-20(17-32)11-12-21-23-14-13-22-24(28(23)31(3)16-25(21)29)15-26(33-4)30(34-5)27(22)19-9-7-6-8-10-19;2*1-29-14-23-19(10-9-18(15-30)24(23)16-31)21-12-11-20-22(27(21)29)13-25(32-2)28(33-3)26(20)17-7-5-4-6-8-17/h4-18,36-37H,19-20H2,1-3H3;6-16,18,32H,17H2,1-5H3;9-14,17,30-31H,4-8,15-16H2,1-3H3;7,9-14,30-31H,4-6,8,15-16H2,1-3H3/q4*+1. The average Bonchev–Trinajstić information content (AvgIpc) is 0.736. The molecule has 20 nitrogen and oxygen atoms in total. The number of hydrogen-bond acceptors (Lipinski definition) is 16. The predicted molar refractivity (Wildman–Crippen MR) is 559 cm³/mol. The molecule has 0 saturated heterocycles. The lowest BCUT2D eigenvalue weighted by atomic mass is 9.81. The zero-order chi connectivity index (χ0) is 98.0. The normalized spacial score (nSPS) is 12.9. The predicted octanol–water partition coefficient (Wildman–Crippen LogP) is 22.2. The van der Waals surface area contributed by atoms with E-state index in [1.807, 2.05) is 127 Å². The number of ether oxygens (including phenoxy) is 9. The van der Waals surface area contributed by atoms with E-state index in [-0.39, 0.29) is 52.4 Å². The van der Waals surface area contributed by atoms with E-state index < -0.39 is 0 Å². The minimum atomic E-state index is -0.138. The van der Waals surface area contributed by atoms with Gasteiger partial charge in [0.15, 0.2) is 70.8 Å². The maximum atomic E-state index is 10.1. The highest BCUT2D eigenvalue weighted by Gasteiger charge is 2.33. The van der Waals surface area contributed by atoms with E-state index in [9.17, 15) is 35.7 Å². The summed E-state index contributed by atoms with van der Waals surface area (Å²) in [4.78, 5) is 0. The average molecular weight is 1880 g/mol. The fourth-order valence-corrected chi connectivity index (χ4v) is 22.1. The molecule has 0 atom stereocenters. The molecule has 0 bridgehead atoms. The Morgan fingerprint density at radius 2 is 0.600 bits per heavy atom. The summed E-state index contributed by atoms with van der Waals surface area (Å²) in [6.45, 7) is 3.26. The quantitative estimate of drug-likeness (QED) is 0.0247. The van der Waals surface area contributed by atoms with Gasteiger partial charge in [-0.05, 0) is 179 Å². The van der Waals surface area contributed by atoms with Crippen LogP contribution in [0.2, 0.25) is 0 Å². The van der Waals surface area contributed by atoms with Crippen LogP contribution in [0.15, 0.2) is 237 Å². The van der Waals surface area contributed by atoms with Crippen molar-refractivity contribution in [2.75, 3.05) is 56.9 Å². The molecule has 2 aliphatic carbocycles. The van der Waals surface area contributed by atoms with Crippen LogP contribution in [0.1, 0.15) is 128 Å². The van der Waals surface area contributed by atoms with E-state index in [4.69, 9.17) is 42.6 Å². The SMILES string of the molecule is COc1cc2c(ccc3c4ccc(CO)c(CO)c4c[n+](C)c23)c(-c2ccc(-c3ccccc3)cc2)c1OC.COc1cc2c(ccc3c4ccc(CO)c(CO)c4c[n+](C)c23)c(C2=CCCCC2)c1OC.COc1cc2c(ccc3c4ccc(CO)c(CO)c4c[n+](C)c23)c(C2CCCCC2)c1OC.COc1cc2c(ccc3c4ccc(CO)c(OC(C)C)c4c[n+](C)c23)c(-c2ccccc2)c1OC. The monoisotopic (exact) mass is 1870 g/mol. The minimum Gasteiger partial charge on any atom is -0.493 e. The van der Waals surface area contributed by atoms with E-state index in [0.717, 1.165) is 238 Å². The van der Waals surface area contributed by atoms with Gasteiger partial charge in [0.25, 0.3) is 0 Å². The van der Waals surface area contributed by atoms with Gasteiger partial charge < -0.3 is 78.4 Å². The van der Waals surface area contributed by atoms with Crippen molar-refractivity contribution in [3.8, 4) is 85.1 Å². The number of benzene rings is 15. The zero-order valence-corrected chi connectivity index (χ0v) is 82.1. The van der Waals surface area contributed by atoms with Crippen LogP contribution in [0.3, 0.4) is 0 Å². The molecule has 0 aliphatic heterocycles. The zero-order valence-electron chi connectivity index (χ0n) is 82.1. The number of aryl methyl sites for hydroxylation is 4. The largest absolute Gasteiger partial charge is 0.493 e. The lowest BCUT2D eigenvalue weighted by Crippen LogP contribution is -2.29. The maximum absolute atomic E-state index is 10.1. The Kier molecular flexibility index (Phi) is 28.4. The molecule has 0 radical (unpaired) electrons. The number of fused-ring (bicyclic) bond motifs is 20. The number of hydrogen-bond donors (Lipinski definition) is 7. The number of aliphatic hydroxyl groups excluding tert-OH is 7. The first kappa shape index (κ1) is 96.0. The Hall–Kier alpha value is -14.3. The maximum Gasteiger partial charge on any atom is 0.220 e. The lowest BCUT2D eigenvalue weighted by molar-refractivity contribution is -0.642. The number of pyridine rings is 4. The van der Waals surface area contributed by atoms with Crippen LogP contribution in [0.4, 0.5) is 0 Å². The van der Waals surface area contributed by atoms with Crippen molar-refractivity contribution in [3.63, 3.8) is 0 Å². The van der Waals surface area contributed by atoms with Gasteiger partial charge in [-0.25, -0.2) is 0 Å². The first-order valence-corrected chi connectivity index (χ1v) is 47.9. The van der Waals surface area contributed by atoms with Gasteiger partial charge in [-0.3, -0.25) is 0 Å². The number of nitrogens with zero attached hydrogens (tertiary/aromatic N) is 4. The second-order valence-corrected chi connectivity index (χ2v) is 36.6. The Bertz CT molecular complexity index is 8060. The fourth-order valence-electron chi connectivity index (χ4n) is 22.1. The minimum absolute atomic E-state index is 0.00587. The number of methoxy groups -OCH3 is 8. The third kappa shape index (κ3) is 17.1. The molecule has 7 N–H and O–H groups in total. The van der Waals surface area contributed by atoms with E-state index in [0.29, 0.717) is 28.9 Å². The summed E-state index contributed by atoms with van der Waals surface area (Å²) < 4.78 is 61.5. The Labute approximate surface area is 814 Å². The Balaban J connectivity index is 0.000000124. The first-order valence-electron chi connectivity index (χ1n) is 47.9. The molecule has 140 heavy (non-hydrogen) atoms. The summed E-state index contributed by atoms with van der Waals surface area (Å²) in [5.41, 5.74) is 19.8. The van der Waals surface area contributed by atoms with Crippen LogP contribution in [0.5, 0.6) is 51.7 Å². The molecular formula is C120H122N4O16+4. The van der Waals surface area contributed by atoms with Gasteiger partial charge in [-0.2, -0.15) is 18.3 Å². The Morgan fingerprint density at radius 1 is 0.279 bits per heavy atom. The molecule has 15 aromatic carbocycles. The second kappa shape index (κ2) is 41.4. The number of allylic oxidation sites excluding steroid dienone is 2. The van der Waals surface area contributed by atoms with Gasteiger partial charge in [-0.1, -0.05) is 183 Å². The molecule has 4 heterocycles. The molecule has 0 amide bonds. The van der Waals surface area contributed by atoms with Crippen LogP contribution in [0, 0.1) is 0 Å². The molecule has 0 unspecified atom stereocenters. The summed E-state index contributed by atoms with van der Waals surface area (Å²) in [6, 6.07) is 70.6. The van der Waals surface area contributed by atoms with E-state index in [1.165, 1.54) is 67.0 Å². The summed E-state index contributed by atoms with van der Waals surface area (Å²) in [5, 5.41) is 90.7. The molecule has 0 spiro atoms. The summed E-state index contributed by atoms with van der Waals surface area (Å²) in [6.07, 6.45) is 21.2. The first-order chi connectivity index (χ1) is 68.3. The molecule has 1 saturated carbocycles. The van der Waals surface area contributed by atoms with Crippen molar-refractivity contribution >= 4 is 135 Å². The highest BCUT2D eigenvalue weighted by atomic mass is 16.5. The van der Waals surface area contributed by atoms with Crippen LogP contribution in [-0.2, 0) is 74.4 Å². The Morgan fingerprint density at radius 3 is 0.971 bits per heavy atom. The van der Waals surface area contributed by atoms with Gasteiger partial charge in [0, 0.05) is 60.1 Å². The number of aliphatic hydroxyl groups is 7. The van der Waals surface area contributed by atoms with Crippen molar-refractivity contribution in [3.05, 3.63) is 287 Å². The van der Waals surface area contributed by atoms with E-state index >= 15 is 0 Å². The number of aromatic nitrogens is 4. The molecule has 21 rings (SSSR count). The van der Waals surface area contributed by atoms with Crippen molar-refractivity contribution in [1.82, 2.24) is 0 Å². The van der Waals surface area contributed by atoms with Gasteiger partial charge >= 0.3 is 0 Å². The molecule has 714 valence electrons. The van der Waals surface area contributed by atoms with E-state index in [2.05, 4.69) is 170 Å². The highest BCUT2D eigenvalue weighted by Crippen LogP contribution is 2.53. The van der Waals surface area contributed by atoms with Crippen LogP contribution >= 0.6 is 0 Å². The third-order valence-corrected chi connectivity index (χ3v) is 28.6. The van der Waals surface area contributed by atoms with Crippen LogP contribution < -0.4 is 60.9 Å². The van der Waals surface area contributed by atoms with E-state index in [1.54, 1.807) is 56.9 Å². The summed E-state index contributed by atoms with van der Waals surface area (Å²) in [5.74, 6) is 7.08. The summed E-state index contributed by atoms with van der Waals surface area (Å²) >= 11 is 0.